The highest BCUT2D eigenvalue weighted by molar-refractivity contribution is 9.10. The summed E-state index contributed by atoms with van der Waals surface area (Å²) < 4.78 is 5.92. The largest absolute Gasteiger partial charge is 0.457 e. The van der Waals surface area contributed by atoms with Gasteiger partial charge in [0, 0.05) is 34.6 Å². The smallest absolute Gasteiger partial charge is 0.311 e. The molecule has 0 aliphatic carbocycles. The molecular formula is C20H17BrN2O6. The molecule has 2 aromatic rings. The number of anilines is 1. The highest BCUT2D eigenvalue weighted by Crippen LogP contribution is 2.30. The van der Waals surface area contributed by atoms with Gasteiger partial charge in [-0.1, -0.05) is 34.1 Å². The van der Waals surface area contributed by atoms with Crippen LogP contribution in [0, 0.1) is 23.0 Å². The average molecular weight is 461 g/mol. The average Bonchev–Trinajstić information content (AvgIpc) is 3.08. The van der Waals surface area contributed by atoms with Crippen LogP contribution in [0.15, 0.2) is 46.9 Å². The molecule has 3 rings (SSSR count). The lowest BCUT2D eigenvalue weighted by Gasteiger charge is -2.16. The molecule has 0 unspecified atom stereocenters. The van der Waals surface area contributed by atoms with Gasteiger partial charge < -0.3 is 9.64 Å². The first kappa shape index (κ1) is 20.7. The highest BCUT2D eigenvalue weighted by Gasteiger charge is 2.37. The number of esters is 1. The number of Topliss-reactive ketones (excluding diaryl/α,β-unsaturated/α-hetero) is 1. The zero-order valence-corrected chi connectivity index (χ0v) is 17.0. The third-order valence-corrected chi connectivity index (χ3v) is 5.20. The molecule has 1 aliphatic rings. The van der Waals surface area contributed by atoms with Crippen molar-refractivity contribution in [1.29, 1.82) is 0 Å². The molecule has 1 amide bonds. The second kappa shape index (κ2) is 8.52. The van der Waals surface area contributed by atoms with Crippen molar-refractivity contribution in [2.24, 2.45) is 5.92 Å². The first-order chi connectivity index (χ1) is 13.8. The molecule has 150 valence electrons. The lowest BCUT2D eigenvalue weighted by atomic mass is 10.1. The molecule has 0 bridgehead atoms. The normalized spacial score (nSPS) is 16.0. The van der Waals surface area contributed by atoms with E-state index in [2.05, 4.69) is 15.9 Å². The van der Waals surface area contributed by atoms with Crippen LogP contribution >= 0.6 is 15.9 Å². The highest BCUT2D eigenvalue weighted by atomic mass is 79.9. The molecule has 0 spiro atoms. The van der Waals surface area contributed by atoms with E-state index in [9.17, 15) is 24.5 Å². The summed E-state index contributed by atoms with van der Waals surface area (Å²) in [7, 11) is 0. The van der Waals surface area contributed by atoms with E-state index in [1.807, 2.05) is 0 Å². The number of hydrogen-bond acceptors (Lipinski definition) is 6. The number of hydrogen-bond donors (Lipinski definition) is 0. The first-order valence-corrected chi connectivity index (χ1v) is 9.56. The van der Waals surface area contributed by atoms with E-state index < -0.39 is 23.4 Å². The van der Waals surface area contributed by atoms with Crippen LogP contribution in [-0.4, -0.2) is 35.7 Å². The van der Waals surface area contributed by atoms with Crippen molar-refractivity contribution in [2.75, 3.05) is 18.1 Å². The molecule has 1 saturated heterocycles. The zero-order valence-electron chi connectivity index (χ0n) is 15.5. The van der Waals surface area contributed by atoms with Crippen molar-refractivity contribution in [2.45, 2.75) is 13.3 Å². The van der Waals surface area contributed by atoms with Gasteiger partial charge in [-0.3, -0.25) is 24.5 Å². The fourth-order valence-corrected chi connectivity index (χ4v) is 3.32. The summed E-state index contributed by atoms with van der Waals surface area (Å²) in [6, 6.07) is 11.1. The third kappa shape index (κ3) is 4.68. The van der Waals surface area contributed by atoms with E-state index in [0.29, 0.717) is 16.8 Å². The van der Waals surface area contributed by atoms with Crippen LogP contribution in [0.5, 0.6) is 0 Å². The summed E-state index contributed by atoms with van der Waals surface area (Å²) in [6.45, 7) is 1.24. The number of rotatable bonds is 6. The zero-order chi connectivity index (χ0) is 21.1. The van der Waals surface area contributed by atoms with E-state index in [4.69, 9.17) is 4.74 Å². The fourth-order valence-electron chi connectivity index (χ4n) is 3.05. The number of ether oxygens (including phenoxy) is 1. The number of carbonyl (C=O) groups excluding carboxylic acids is 3. The number of nitro groups is 1. The number of aryl methyl sites for hydroxylation is 1. The maximum absolute atomic E-state index is 12.3. The Morgan fingerprint density at radius 1 is 1.24 bits per heavy atom. The van der Waals surface area contributed by atoms with Crippen molar-refractivity contribution in [3.8, 4) is 0 Å². The van der Waals surface area contributed by atoms with Crippen molar-refractivity contribution in [1.82, 2.24) is 0 Å². The SMILES string of the molecule is Cc1ccc(N2C[C@@H](C(=O)OCC(=O)c3ccc(Br)cc3)CC2=O)cc1[N+](=O)[O-]. The summed E-state index contributed by atoms with van der Waals surface area (Å²) in [5.74, 6) is -2.06. The predicted molar refractivity (Wildman–Crippen MR) is 108 cm³/mol. The van der Waals surface area contributed by atoms with E-state index in [1.165, 1.54) is 11.0 Å². The van der Waals surface area contributed by atoms with Gasteiger partial charge in [0.15, 0.2) is 12.4 Å². The van der Waals surface area contributed by atoms with Crippen molar-refractivity contribution in [3.05, 3.63) is 68.2 Å². The van der Waals surface area contributed by atoms with Gasteiger partial charge in [-0.2, -0.15) is 0 Å². The van der Waals surface area contributed by atoms with Crippen molar-refractivity contribution in [3.63, 3.8) is 0 Å². The molecule has 1 fully saturated rings. The number of amides is 1. The molecule has 8 nitrogen and oxygen atoms in total. The summed E-state index contributed by atoms with van der Waals surface area (Å²) in [4.78, 5) is 48.7. The number of halogens is 1. The maximum atomic E-state index is 12.3. The molecule has 0 saturated carbocycles. The van der Waals surface area contributed by atoms with E-state index in [1.54, 1.807) is 43.3 Å². The number of ketones is 1. The van der Waals surface area contributed by atoms with Gasteiger partial charge in [-0.15, -0.1) is 0 Å². The maximum Gasteiger partial charge on any atom is 0.311 e. The predicted octanol–water partition coefficient (Wildman–Crippen LogP) is 3.44. The first-order valence-electron chi connectivity index (χ1n) is 8.77. The Hall–Kier alpha value is -3.07. The fraction of sp³-hybridized carbons (Fsp3) is 0.250. The Balaban J connectivity index is 1.63. The molecule has 9 heteroatoms. The second-order valence-corrected chi connectivity index (χ2v) is 7.59. The Kier molecular flexibility index (Phi) is 6.07. The molecule has 2 aromatic carbocycles. The second-order valence-electron chi connectivity index (χ2n) is 6.67. The Labute approximate surface area is 174 Å². The summed E-state index contributed by atoms with van der Waals surface area (Å²) >= 11 is 3.28. The van der Waals surface area contributed by atoms with Crippen LogP contribution < -0.4 is 4.90 Å². The number of nitrogens with zero attached hydrogens (tertiary/aromatic N) is 2. The Morgan fingerprint density at radius 3 is 2.59 bits per heavy atom. The summed E-state index contributed by atoms with van der Waals surface area (Å²) in [5, 5.41) is 11.1. The standard InChI is InChI=1S/C20H17BrN2O6/c1-12-2-7-16(9-17(12)23(27)28)22-10-14(8-19(22)25)20(26)29-11-18(24)13-3-5-15(21)6-4-13/h2-7,9,14H,8,10-11H2,1H3/t14-/m0/s1. The van der Waals surface area contributed by atoms with Gasteiger partial charge >= 0.3 is 5.97 Å². The summed E-state index contributed by atoms with van der Waals surface area (Å²) in [5.41, 5.74) is 1.15. The van der Waals surface area contributed by atoms with Crippen LogP contribution in [0.1, 0.15) is 22.3 Å². The van der Waals surface area contributed by atoms with Gasteiger partial charge in [0.1, 0.15) is 0 Å². The minimum atomic E-state index is -0.736. The number of nitro benzene ring substituents is 1. The Bertz CT molecular complexity index is 989. The summed E-state index contributed by atoms with van der Waals surface area (Å²) in [6.07, 6.45) is -0.0764. The van der Waals surface area contributed by atoms with E-state index >= 15 is 0 Å². The van der Waals surface area contributed by atoms with Crippen LogP contribution in [0.2, 0.25) is 0 Å². The minimum absolute atomic E-state index is 0.0460. The van der Waals surface area contributed by atoms with Crippen LogP contribution in [0.3, 0.4) is 0 Å². The molecule has 1 aliphatic heterocycles. The van der Waals surface area contributed by atoms with E-state index in [0.717, 1.165) is 4.47 Å². The Morgan fingerprint density at radius 2 is 1.93 bits per heavy atom. The minimum Gasteiger partial charge on any atom is -0.457 e. The van der Waals surface area contributed by atoms with Crippen LogP contribution in [-0.2, 0) is 14.3 Å². The van der Waals surface area contributed by atoms with Gasteiger partial charge in [0.05, 0.1) is 16.5 Å². The molecule has 29 heavy (non-hydrogen) atoms. The van der Waals surface area contributed by atoms with Gasteiger partial charge in [-0.05, 0) is 25.1 Å². The van der Waals surface area contributed by atoms with Crippen LogP contribution in [0.25, 0.3) is 0 Å². The molecule has 0 N–H and O–H groups in total. The van der Waals surface area contributed by atoms with Crippen LogP contribution in [0.4, 0.5) is 11.4 Å². The number of carbonyl (C=O) groups is 3. The third-order valence-electron chi connectivity index (χ3n) is 4.67. The van der Waals surface area contributed by atoms with Crippen molar-refractivity contribution >= 4 is 45.0 Å². The lowest BCUT2D eigenvalue weighted by Crippen LogP contribution is -2.27. The topological polar surface area (TPSA) is 107 Å². The van der Waals surface area contributed by atoms with E-state index in [-0.39, 0.29) is 30.3 Å². The van der Waals surface area contributed by atoms with Crippen molar-refractivity contribution < 1.29 is 24.0 Å². The molecule has 0 radical (unpaired) electrons. The molecule has 0 aromatic heterocycles. The van der Waals surface area contributed by atoms with Gasteiger partial charge in [-0.25, -0.2) is 0 Å². The monoisotopic (exact) mass is 460 g/mol. The molecular weight excluding hydrogens is 444 g/mol. The molecule has 1 atom stereocenters. The molecule has 1 heterocycles. The quantitative estimate of drug-likeness (QED) is 0.282. The number of benzene rings is 2. The lowest BCUT2D eigenvalue weighted by molar-refractivity contribution is -0.385. The van der Waals surface area contributed by atoms with Gasteiger partial charge in [0.25, 0.3) is 5.69 Å². The van der Waals surface area contributed by atoms with Gasteiger partial charge in [0.2, 0.25) is 5.91 Å².